The normalized spacial score (nSPS) is 10.3. The predicted octanol–water partition coefficient (Wildman–Crippen LogP) is 4.19. The maximum atomic E-state index is 11.9. The molecule has 5 heteroatoms. The topological polar surface area (TPSA) is 42.0 Å². The first kappa shape index (κ1) is 15.1. The average Bonchev–Trinajstić information content (AvgIpc) is 2.40. The Bertz CT molecular complexity index is 614. The molecule has 1 aromatic carbocycles. The van der Waals surface area contributed by atoms with Gasteiger partial charge in [0.1, 0.15) is 0 Å². The number of amides is 1. The smallest absolute Gasteiger partial charge is 0.234 e. The summed E-state index contributed by atoms with van der Waals surface area (Å²) in [6, 6.07) is 9.75. The summed E-state index contributed by atoms with van der Waals surface area (Å²) in [6.45, 7) is 4.00. The van der Waals surface area contributed by atoms with Crippen LogP contribution in [0.1, 0.15) is 11.1 Å². The van der Waals surface area contributed by atoms with Crippen molar-refractivity contribution in [3.05, 3.63) is 52.1 Å². The van der Waals surface area contributed by atoms with Gasteiger partial charge in [-0.2, -0.15) is 0 Å². The van der Waals surface area contributed by atoms with E-state index in [1.165, 1.54) is 17.3 Å². The van der Waals surface area contributed by atoms with Crippen LogP contribution in [0.2, 0.25) is 0 Å². The molecule has 0 bridgehead atoms. The molecular weight excluding hydrogens is 336 g/mol. The molecule has 1 amide bonds. The summed E-state index contributed by atoms with van der Waals surface area (Å²) in [4.78, 5) is 16.2. The SMILES string of the molecule is Cc1ccc(NC(=O)CSc2ncc(Br)cc2C)cc1. The standard InChI is InChI=1S/C15H15BrN2OS/c1-10-3-5-13(6-4-10)18-14(19)9-20-15-11(2)7-12(16)8-17-15/h3-8H,9H2,1-2H3,(H,18,19). The first-order valence-electron chi connectivity index (χ1n) is 6.16. The zero-order valence-corrected chi connectivity index (χ0v) is 13.7. The van der Waals surface area contributed by atoms with Gasteiger partial charge in [0.25, 0.3) is 0 Å². The Morgan fingerprint density at radius 2 is 2.00 bits per heavy atom. The second-order valence-corrected chi connectivity index (χ2v) is 6.36. The number of benzene rings is 1. The van der Waals surface area contributed by atoms with E-state index in [9.17, 15) is 4.79 Å². The third-order valence-corrected chi connectivity index (χ3v) is 4.21. The fourth-order valence-electron chi connectivity index (χ4n) is 1.65. The number of carbonyl (C=O) groups excluding carboxylic acids is 1. The van der Waals surface area contributed by atoms with Gasteiger partial charge in [0.2, 0.25) is 5.91 Å². The van der Waals surface area contributed by atoms with Gasteiger partial charge in [-0.3, -0.25) is 4.79 Å². The molecule has 0 radical (unpaired) electrons. The van der Waals surface area contributed by atoms with E-state index < -0.39 is 0 Å². The summed E-state index contributed by atoms with van der Waals surface area (Å²) in [5, 5.41) is 3.76. The fourth-order valence-corrected chi connectivity index (χ4v) is 2.85. The largest absolute Gasteiger partial charge is 0.325 e. The van der Waals surface area contributed by atoms with Crippen LogP contribution in [0.5, 0.6) is 0 Å². The van der Waals surface area contributed by atoms with E-state index in [4.69, 9.17) is 0 Å². The number of aromatic nitrogens is 1. The van der Waals surface area contributed by atoms with Crippen molar-refractivity contribution >= 4 is 39.3 Å². The highest BCUT2D eigenvalue weighted by Crippen LogP contribution is 2.22. The zero-order valence-electron chi connectivity index (χ0n) is 11.3. The van der Waals surface area contributed by atoms with Crippen molar-refractivity contribution in [3.63, 3.8) is 0 Å². The van der Waals surface area contributed by atoms with E-state index in [2.05, 4.69) is 26.2 Å². The number of anilines is 1. The molecule has 0 fully saturated rings. The van der Waals surface area contributed by atoms with Crippen LogP contribution in [0.15, 0.2) is 46.0 Å². The Morgan fingerprint density at radius 3 is 2.65 bits per heavy atom. The minimum atomic E-state index is -0.0250. The number of halogens is 1. The molecular formula is C15H15BrN2OS. The van der Waals surface area contributed by atoms with E-state index >= 15 is 0 Å². The van der Waals surface area contributed by atoms with E-state index in [0.717, 1.165) is 20.7 Å². The number of nitrogens with zero attached hydrogens (tertiary/aromatic N) is 1. The van der Waals surface area contributed by atoms with Gasteiger partial charge >= 0.3 is 0 Å². The lowest BCUT2D eigenvalue weighted by Crippen LogP contribution is -2.14. The molecule has 0 saturated carbocycles. The number of hydrogen-bond acceptors (Lipinski definition) is 3. The van der Waals surface area contributed by atoms with Crippen LogP contribution in [0.4, 0.5) is 5.69 Å². The van der Waals surface area contributed by atoms with Crippen LogP contribution >= 0.6 is 27.7 Å². The lowest BCUT2D eigenvalue weighted by atomic mass is 10.2. The quantitative estimate of drug-likeness (QED) is 0.840. The van der Waals surface area contributed by atoms with Gasteiger partial charge < -0.3 is 5.32 Å². The van der Waals surface area contributed by atoms with Crippen molar-refractivity contribution in [3.8, 4) is 0 Å². The maximum Gasteiger partial charge on any atom is 0.234 e. The van der Waals surface area contributed by atoms with E-state index in [1.807, 2.05) is 44.2 Å². The van der Waals surface area contributed by atoms with Gasteiger partial charge in [0, 0.05) is 16.4 Å². The second kappa shape index (κ2) is 6.90. The van der Waals surface area contributed by atoms with Gasteiger partial charge in [-0.05, 0) is 53.5 Å². The van der Waals surface area contributed by atoms with Crippen LogP contribution in [0, 0.1) is 13.8 Å². The van der Waals surface area contributed by atoms with Crippen molar-refractivity contribution in [1.82, 2.24) is 4.98 Å². The molecule has 0 atom stereocenters. The van der Waals surface area contributed by atoms with Gasteiger partial charge in [-0.15, -0.1) is 0 Å². The average molecular weight is 351 g/mol. The predicted molar refractivity (Wildman–Crippen MR) is 87.2 cm³/mol. The minimum absolute atomic E-state index is 0.0250. The molecule has 20 heavy (non-hydrogen) atoms. The van der Waals surface area contributed by atoms with Crippen LogP contribution < -0.4 is 5.32 Å². The Kier molecular flexibility index (Phi) is 5.20. The monoisotopic (exact) mass is 350 g/mol. The van der Waals surface area contributed by atoms with Crippen LogP contribution in [0.25, 0.3) is 0 Å². The third kappa shape index (κ3) is 4.35. The lowest BCUT2D eigenvalue weighted by molar-refractivity contribution is -0.113. The molecule has 3 nitrogen and oxygen atoms in total. The molecule has 0 aliphatic rings. The third-order valence-electron chi connectivity index (χ3n) is 2.67. The summed E-state index contributed by atoms with van der Waals surface area (Å²) in [7, 11) is 0. The Morgan fingerprint density at radius 1 is 1.30 bits per heavy atom. The van der Waals surface area contributed by atoms with E-state index in [-0.39, 0.29) is 5.91 Å². The number of rotatable bonds is 4. The molecule has 0 aliphatic carbocycles. The highest BCUT2D eigenvalue weighted by Gasteiger charge is 2.07. The highest BCUT2D eigenvalue weighted by atomic mass is 79.9. The van der Waals surface area contributed by atoms with Crippen molar-refractivity contribution in [1.29, 1.82) is 0 Å². The van der Waals surface area contributed by atoms with Crippen LogP contribution in [0.3, 0.4) is 0 Å². The molecule has 2 aromatic rings. The number of pyridine rings is 1. The minimum Gasteiger partial charge on any atom is -0.325 e. The summed E-state index contributed by atoms with van der Waals surface area (Å²) >= 11 is 4.82. The molecule has 0 unspecified atom stereocenters. The van der Waals surface area contributed by atoms with Gasteiger partial charge in [0.15, 0.2) is 0 Å². The maximum absolute atomic E-state index is 11.9. The van der Waals surface area contributed by atoms with Crippen molar-refractivity contribution in [2.75, 3.05) is 11.1 Å². The van der Waals surface area contributed by atoms with E-state index in [1.54, 1.807) is 6.20 Å². The van der Waals surface area contributed by atoms with Crippen molar-refractivity contribution in [2.24, 2.45) is 0 Å². The summed E-state index contributed by atoms with van der Waals surface area (Å²) in [5.41, 5.74) is 3.06. The lowest BCUT2D eigenvalue weighted by Gasteiger charge is -2.07. The Labute approximate surface area is 131 Å². The molecule has 0 spiro atoms. The van der Waals surface area contributed by atoms with Gasteiger partial charge in [-0.25, -0.2) is 4.98 Å². The number of thioether (sulfide) groups is 1. The van der Waals surface area contributed by atoms with Crippen molar-refractivity contribution in [2.45, 2.75) is 18.9 Å². The molecule has 1 N–H and O–H groups in total. The molecule has 0 saturated heterocycles. The van der Waals surface area contributed by atoms with Crippen LogP contribution in [-0.4, -0.2) is 16.6 Å². The molecule has 1 heterocycles. The number of nitrogens with one attached hydrogen (secondary N) is 1. The van der Waals surface area contributed by atoms with Gasteiger partial charge in [-0.1, -0.05) is 29.5 Å². The molecule has 0 aliphatic heterocycles. The molecule has 104 valence electrons. The van der Waals surface area contributed by atoms with Crippen molar-refractivity contribution < 1.29 is 4.79 Å². The summed E-state index contributed by atoms with van der Waals surface area (Å²) < 4.78 is 0.948. The number of carbonyl (C=O) groups is 1. The number of aryl methyl sites for hydroxylation is 2. The zero-order chi connectivity index (χ0) is 14.5. The van der Waals surface area contributed by atoms with Crippen LogP contribution in [-0.2, 0) is 4.79 Å². The number of hydrogen-bond donors (Lipinski definition) is 1. The Balaban J connectivity index is 1.90. The summed E-state index contributed by atoms with van der Waals surface area (Å²) in [5.74, 6) is 0.326. The van der Waals surface area contributed by atoms with E-state index in [0.29, 0.717) is 5.75 Å². The Hall–Kier alpha value is -1.33. The first-order chi connectivity index (χ1) is 9.54. The molecule has 2 rings (SSSR count). The second-order valence-electron chi connectivity index (χ2n) is 4.48. The van der Waals surface area contributed by atoms with Gasteiger partial charge in [0.05, 0.1) is 10.8 Å². The fraction of sp³-hybridized carbons (Fsp3) is 0.200. The molecule has 1 aromatic heterocycles. The summed E-state index contributed by atoms with van der Waals surface area (Å²) in [6.07, 6.45) is 1.74. The highest BCUT2D eigenvalue weighted by molar-refractivity contribution is 9.10. The first-order valence-corrected chi connectivity index (χ1v) is 7.94.